The van der Waals surface area contributed by atoms with E-state index in [-0.39, 0.29) is 19.3 Å². The van der Waals surface area contributed by atoms with Crippen molar-refractivity contribution in [3.05, 3.63) is 47.0 Å². The molecule has 0 bridgehead atoms. The predicted octanol–water partition coefficient (Wildman–Crippen LogP) is 3.36. The number of benzene rings is 2. The van der Waals surface area contributed by atoms with Crippen LogP contribution in [0.1, 0.15) is 16.7 Å². The lowest BCUT2D eigenvalue weighted by atomic mass is 10.1. The van der Waals surface area contributed by atoms with Gasteiger partial charge in [0.2, 0.25) is 6.79 Å². The van der Waals surface area contributed by atoms with Crippen molar-refractivity contribution < 1.29 is 19.0 Å². The van der Waals surface area contributed by atoms with Gasteiger partial charge < -0.3 is 19.5 Å². The Bertz CT molecular complexity index is 755. The number of hydrogen-bond acceptors (Lipinski definition) is 4. The minimum atomic E-state index is -0.218. The third-order valence-electron chi connectivity index (χ3n) is 3.88. The third-order valence-corrected chi connectivity index (χ3v) is 3.88. The summed E-state index contributed by atoms with van der Waals surface area (Å²) in [6, 6.07) is 9.32. The predicted molar refractivity (Wildman–Crippen MR) is 87.3 cm³/mol. The topological polar surface area (TPSA) is 56.8 Å². The van der Waals surface area contributed by atoms with Gasteiger partial charge in [-0.2, -0.15) is 0 Å². The third kappa shape index (κ3) is 3.23. The molecule has 3 rings (SSSR count). The Labute approximate surface area is 135 Å². The Balaban J connectivity index is 1.63. The lowest BCUT2D eigenvalue weighted by Gasteiger charge is -2.14. The van der Waals surface area contributed by atoms with Crippen LogP contribution in [0.25, 0.3) is 0 Å². The molecule has 2 aromatic carbocycles. The second-order valence-electron chi connectivity index (χ2n) is 5.56. The SMILES string of the molecule is Cc1ccc(C)c(OCC(=O)Nc2ccc3c(c2)OCO3)c1C. The molecule has 0 unspecified atom stereocenters. The van der Waals surface area contributed by atoms with Gasteiger partial charge in [0.15, 0.2) is 18.1 Å². The molecule has 2 aromatic rings. The fraction of sp³-hybridized carbons (Fsp3) is 0.278. The average molecular weight is 313 g/mol. The molecule has 120 valence electrons. The van der Waals surface area contributed by atoms with Gasteiger partial charge in [-0.15, -0.1) is 0 Å². The van der Waals surface area contributed by atoms with E-state index in [9.17, 15) is 4.79 Å². The van der Waals surface area contributed by atoms with E-state index in [4.69, 9.17) is 14.2 Å². The second kappa shape index (κ2) is 6.20. The van der Waals surface area contributed by atoms with E-state index in [0.717, 1.165) is 22.4 Å². The number of aryl methyl sites for hydroxylation is 2. The Morgan fingerprint density at radius 3 is 2.65 bits per heavy atom. The number of carbonyl (C=O) groups excluding carboxylic acids is 1. The Morgan fingerprint density at radius 1 is 1.09 bits per heavy atom. The molecule has 1 amide bonds. The van der Waals surface area contributed by atoms with Crippen molar-refractivity contribution in [2.45, 2.75) is 20.8 Å². The van der Waals surface area contributed by atoms with Crippen LogP contribution in [0.4, 0.5) is 5.69 Å². The van der Waals surface area contributed by atoms with Crippen LogP contribution in [0, 0.1) is 20.8 Å². The molecule has 5 heteroatoms. The van der Waals surface area contributed by atoms with E-state index in [1.807, 2.05) is 32.9 Å². The summed E-state index contributed by atoms with van der Waals surface area (Å²) in [6.45, 7) is 6.15. The molecule has 0 fully saturated rings. The number of ether oxygens (including phenoxy) is 3. The molecule has 0 spiro atoms. The van der Waals surface area contributed by atoms with Crippen molar-refractivity contribution in [1.29, 1.82) is 0 Å². The van der Waals surface area contributed by atoms with Gasteiger partial charge in [0.25, 0.3) is 5.91 Å². The number of nitrogens with one attached hydrogen (secondary N) is 1. The largest absolute Gasteiger partial charge is 0.483 e. The first-order chi connectivity index (χ1) is 11.0. The number of rotatable bonds is 4. The van der Waals surface area contributed by atoms with E-state index in [1.54, 1.807) is 18.2 Å². The van der Waals surface area contributed by atoms with Crippen LogP contribution in [0.5, 0.6) is 17.2 Å². The first kappa shape index (κ1) is 15.2. The van der Waals surface area contributed by atoms with Gasteiger partial charge in [-0.05, 0) is 49.6 Å². The average Bonchev–Trinajstić information content (AvgIpc) is 2.99. The smallest absolute Gasteiger partial charge is 0.262 e. The Hall–Kier alpha value is -2.69. The molecule has 1 heterocycles. The molecule has 1 aliphatic rings. The van der Waals surface area contributed by atoms with Crippen LogP contribution in [-0.2, 0) is 4.79 Å². The van der Waals surface area contributed by atoms with Gasteiger partial charge in [-0.1, -0.05) is 12.1 Å². The fourth-order valence-electron chi connectivity index (χ4n) is 2.46. The maximum Gasteiger partial charge on any atom is 0.262 e. The van der Waals surface area contributed by atoms with Crippen molar-refractivity contribution in [3.63, 3.8) is 0 Å². The van der Waals surface area contributed by atoms with Gasteiger partial charge in [-0.3, -0.25) is 4.79 Å². The molecule has 0 atom stereocenters. The van der Waals surface area contributed by atoms with Gasteiger partial charge >= 0.3 is 0 Å². The van der Waals surface area contributed by atoms with E-state index in [2.05, 4.69) is 5.32 Å². The Morgan fingerprint density at radius 2 is 1.83 bits per heavy atom. The number of carbonyl (C=O) groups is 1. The highest BCUT2D eigenvalue weighted by Gasteiger charge is 2.15. The summed E-state index contributed by atoms with van der Waals surface area (Å²) < 4.78 is 16.2. The molecule has 1 aliphatic heterocycles. The van der Waals surface area contributed by atoms with Gasteiger partial charge in [-0.25, -0.2) is 0 Å². The standard InChI is InChI=1S/C18H19NO4/c1-11-4-5-12(2)18(13(11)3)21-9-17(20)19-14-6-7-15-16(8-14)23-10-22-15/h4-8H,9-10H2,1-3H3,(H,19,20). The molecule has 0 aliphatic carbocycles. The first-order valence-electron chi connectivity index (χ1n) is 7.43. The summed E-state index contributed by atoms with van der Waals surface area (Å²) >= 11 is 0. The summed E-state index contributed by atoms with van der Waals surface area (Å²) in [4.78, 5) is 12.1. The Kier molecular flexibility index (Phi) is 4.10. The maximum absolute atomic E-state index is 12.1. The highest BCUT2D eigenvalue weighted by atomic mass is 16.7. The molecular weight excluding hydrogens is 294 g/mol. The molecule has 0 saturated carbocycles. The molecule has 0 aromatic heterocycles. The molecular formula is C18H19NO4. The van der Waals surface area contributed by atoms with Crippen molar-refractivity contribution in [2.24, 2.45) is 0 Å². The van der Waals surface area contributed by atoms with Crippen molar-refractivity contribution >= 4 is 11.6 Å². The van der Waals surface area contributed by atoms with E-state index in [1.165, 1.54) is 0 Å². The number of amides is 1. The van der Waals surface area contributed by atoms with E-state index in [0.29, 0.717) is 17.2 Å². The molecule has 0 saturated heterocycles. The van der Waals surface area contributed by atoms with Crippen molar-refractivity contribution in [3.8, 4) is 17.2 Å². The van der Waals surface area contributed by atoms with Gasteiger partial charge in [0, 0.05) is 11.8 Å². The van der Waals surface area contributed by atoms with Crippen LogP contribution >= 0.6 is 0 Å². The monoisotopic (exact) mass is 313 g/mol. The summed E-state index contributed by atoms with van der Waals surface area (Å²) in [5.74, 6) is 1.87. The summed E-state index contributed by atoms with van der Waals surface area (Å²) in [5, 5.41) is 2.80. The van der Waals surface area contributed by atoms with E-state index < -0.39 is 0 Å². The van der Waals surface area contributed by atoms with E-state index >= 15 is 0 Å². The first-order valence-corrected chi connectivity index (χ1v) is 7.43. The summed E-state index contributed by atoms with van der Waals surface area (Å²) in [6.07, 6.45) is 0. The van der Waals surface area contributed by atoms with Crippen LogP contribution in [0.15, 0.2) is 30.3 Å². The van der Waals surface area contributed by atoms with Gasteiger partial charge in [0.1, 0.15) is 5.75 Å². The summed E-state index contributed by atoms with van der Waals surface area (Å²) in [7, 11) is 0. The zero-order valence-electron chi connectivity index (χ0n) is 13.4. The maximum atomic E-state index is 12.1. The zero-order chi connectivity index (χ0) is 16.4. The minimum Gasteiger partial charge on any atom is -0.483 e. The second-order valence-corrected chi connectivity index (χ2v) is 5.56. The highest BCUT2D eigenvalue weighted by Crippen LogP contribution is 2.34. The minimum absolute atomic E-state index is 0.0421. The normalized spacial score (nSPS) is 12.1. The lowest BCUT2D eigenvalue weighted by molar-refractivity contribution is -0.118. The van der Waals surface area contributed by atoms with Crippen LogP contribution in [0.3, 0.4) is 0 Å². The lowest BCUT2D eigenvalue weighted by Crippen LogP contribution is -2.20. The summed E-state index contributed by atoms with van der Waals surface area (Å²) in [5.41, 5.74) is 3.87. The van der Waals surface area contributed by atoms with Crippen molar-refractivity contribution in [2.75, 3.05) is 18.7 Å². The molecule has 5 nitrogen and oxygen atoms in total. The van der Waals surface area contributed by atoms with Crippen LogP contribution in [-0.4, -0.2) is 19.3 Å². The molecule has 23 heavy (non-hydrogen) atoms. The van der Waals surface area contributed by atoms with Crippen LogP contribution in [0.2, 0.25) is 0 Å². The van der Waals surface area contributed by atoms with Crippen molar-refractivity contribution in [1.82, 2.24) is 0 Å². The number of hydrogen-bond donors (Lipinski definition) is 1. The highest BCUT2D eigenvalue weighted by molar-refractivity contribution is 5.92. The number of anilines is 1. The molecule has 1 N–H and O–H groups in total. The van der Waals surface area contributed by atoms with Gasteiger partial charge in [0.05, 0.1) is 0 Å². The quantitative estimate of drug-likeness (QED) is 0.940. The zero-order valence-corrected chi connectivity index (χ0v) is 13.4. The fourth-order valence-corrected chi connectivity index (χ4v) is 2.46. The number of fused-ring (bicyclic) bond motifs is 1. The van der Waals surface area contributed by atoms with Crippen LogP contribution < -0.4 is 19.5 Å². The molecule has 0 radical (unpaired) electrons.